The molecule has 0 fully saturated rings. The van der Waals surface area contributed by atoms with Gasteiger partial charge in [0, 0.05) is 38.0 Å². The third-order valence-electron chi connectivity index (χ3n) is 5.77. The second-order valence-corrected chi connectivity index (χ2v) is 8.23. The molecule has 2 N–H and O–H groups in total. The van der Waals surface area contributed by atoms with E-state index in [-0.39, 0.29) is 29.2 Å². The van der Waals surface area contributed by atoms with Gasteiger partial charge in [-0.3, -0.25) is 28.5 Å². The van der Waals surface area contributed by atoms with E-state index in [1.54, 1.807) is 73.6 Å². The molecule has 0 atom stereocenters. The molecule has 0 spiro atoms. The summed E-state index contributed by atoms with van der Waals surface area (Å²) in [5.74, 6) is -1.85. The first-order valence-corrected chi connectivity index (χ1v) is 11.0. The van der Waals surface area contributed by atoms with Crippen LogP contribution in [0.25, 0.3) is 0 Å². The predicted molar refractivity (Wildman–Crippen MR) is 130 cm³/mol. The normalized spacial score (nSPS) is 12.6. The first-order chi connectivity index (χ1) is 17.3. The van der Waals surface area contributed by atoms with Crippen LogP contribution in [0.5, 0.6) is 0 Å². The Morgan fingerprint density at radius 3 is 2.28 bits per heavy atom. The molecule has 0 unspecified atom stereocenters. The standard InChI is InChI=1S/C25H21N7O4/c1-30-14-15(12-27-30)11-26-23(34)21-20(13-28-31(21)2)29-22(33)16-6-5-7-17(10-16)32-24(35)18-8-3-4-9-19(18)25(32)36/h3-10,12-14H,11H2,1-2H3,(H,26,34)(H,29,33). The van der Waals surface area contributed by atoms with Crippen LogP contribution < -0.4 is 15.5 Å². The molecule has 0 radical (unpaired) electrons. The fourth-order valence-electron chi connectivity index (χ4n) is 4.03. The number of hydrogen-bond donors (Lipinski definition) is 2. The minimum atomic E-state index is -0.525. The maximum atomic E-state index is 13.0. The number of rotatable bonds is 6. The van der Waals surface area contributed by atoms with Crippen molar-refractivity contribution in [3.63, 3.8) is 0 Å². The summed E-state index contributed by atoms with van der Waals surface area (Å²) in [5, 5.41) is 13.6. The molecule has 0 saturated heterocycles. The van der Waals surface area contributed by atoms with Crippen molar-refractivity contribution in [3.05, 3.63) is 95.1 Å². The zero-order chi connectivity index (χ0) is 25.4. The third kappa shape index (κ3) is 4.02. The Hall–Kier alpha value is -5.06. The summed E-state index contributed by atoms with van der Waals surface area (Å²) >= 11 is 0. The summed E-state index contributed by atoms with van der Waals surface area (Å²) in [7, 11) is 3.38. The van der Waals surface area contributed by atoms with Gasteiger partial charge in [0.1, 0.15) is 5.69 Å². The predicted octanol–water partition coefficient (Wildman–Crippen LogP) is 2.14. The molecule has 11 heteroatoms. The highest BCUT2D eigenvalue weighted by Gasteiger charge is 2.36. The van der Waals surface area contributed by atoms with Crippen molar-refractivity contribution >= 4 is 35.0 Å². The number of imide groups is 1. The van der Waals surface area contributed by atoms with E-state index in [1.165, 1.54) is 16.9 Å². The monoisotopic (exact) mass is 483 g/mol. The molecule has 5 rings (SSSR count). The molecule has 3 heterocycles. The summed E-state index contributed by atoms with van der Waals surface area (Å²) in [6.07, 6.45) is 4.81. The lowest BCUT2D eigenvalue weighted by Gasteiger charge is -2.15. The zero-order valence-electron chi connectivity index (χ0n) is 19.4. The average Bonchev–Trinajstić information content (AvgIpc) is 3.53. The van der Waals surface area contributed by atoms with Gasteiger partial charge in [-0.2, -0.15) is 10.2 Å². The van der Waals surface area contributed by atoms with Crippen LogP contribution in [-0.2, 0) is 20.6 Å². The summed E-state index contributed by atoms with van der Waals surface area (Å²) in [4.78, 5) is 52.5. The molecule has 0 bridgehead atoms. The van der Waals surface area contributed by atoms with E-state index in [9.17, 15) is 19.2 Å². The van der Waals surface area contributed by atoms with Crippen LogP contribution >= 0.6 is 0 Å². The highest BCUT2D eigenvalue weighted by Crippen LogP contribution is 2.29. The fraction of sp³-hybridized carbons (Fsp3) is 0.120. The molecule has 1 aliphatic heterocycles. The van der Waals surface area contributed by atoms with Gasteiger partial charge in [-0.1, -0.05) is 18.2 Å². The number of anilines is 2. The lowest BCUT2D eigenvalue weighted by atomic mass is 10.1. The van der Waals surface area contributed by atoms with E-state index < -0.39 is 23.6 Å². The number of carbonyl (C=O) groups excluding carboxylic acids is 4. The Bertz CT molecular complexity index is 1500. The summed E-state index contributed by atoms with van der Waals surface area (Å²) in [6, 6.07) is 12.7. The largest absolute Gasteiger partial charge is 0.346 e. The van der Waals surface area contributed by atoms with E-state index in [2.05, 4.69) is 20.8 Å². The number of nitrogens with zero attached hydrogens (tertiary/aromatic N) is 5. The molecule has 0 aliphatic carbocycles. The Kier molecular flexibility index (Phi) is 5.65. The van der Waals surface area contributed by atoms with Gasteiger partial charge < -0.3 is 10.6 Å². The van der Waals surface area contributed by atoms with Crippen LogP contribution in [0.4, 0.5) is 11.4 Å². The molecule has 2 aromatic heterocycles. The Morgan fingerprint density at radius 1 is 0.889 bits per heavy atom. The highest BCUT2D eigenvalue weighted by atomic mass is 16.2. The van der Waals surface area contributed by atoms with E-state index in [0.717, 1.165) is 10.5 Å². The number of hydrogen-bond acceptors (Lipinski definition) is 6. The van der Waals surface area contributed by atoms with Gasteiger partial charge in [0.05, 0.1) is 34.9 Å². The van der Waals surface area contributed by atoms with E-state index in [0.29, 0.717) is 11.1 Å². The van der Waals surface area contributed by atoms with Gasteiger partial charge in [0.25, 0.3) is 23.6 Å². The molecular formula is C25H21N7O4. The minimum absolute atomic E-state index is 0.170. The molecule has 180 valence electrons. The Morgan fingerprint density at radius 2 is 1.61 bits per heavy atom. The van der Waals surface area contributed by atoms with Crippen LogP contribution in [-0.4, -0.2) is 43.2 Å². The molecule has 4 aromatic rings. The zero-order valence-corrected chi connectivity index (χ0v) is 19.4. The van der Waals surface area contributed by atoms with Gasteiger partial charge >= 0.3 is 0 Å². The Balaban J connectivity index is 1.34. The summed E-state index contributed by atoms with van der Waals surface area (Å²) in [6.45, 7) is 0.258. The number of fused-ring (bicyclic) bond motifs is 1. The summed E-state index contributed by atoms with van der Waals surface area (Å²) in [5.41, 5.74) is 2.32. The van der Waals surface area contributed by atoms with Crippen LogP contribution in [0.3, 0.4) is 0 Å². The molecule has 0 saturated carbocycles. The summed E-state index contributed by atoms with van der Waals surface area (Å²) < 4.78 is 3.00. The number of aryl methyl sites for hydroxylation is 2. The SMILES string of the molecule is Cn1cc(CNC(=O)c2c(NC(=O)c3cccc(N4C(=O)c5ccccc5C4=O)c3)cnn2C)cn1. The lowest BCUT2D eigenvalue weighted by Crippen LogP contribution is -2.29. The van der Waals surface area contributed by atoms with Crippen LogP contribution in [0.2, 0.25) is 0 Å². The van der Waals surface area contributed by atoms with Gasteiger partial charge in [0.15, 0.2) is 0 Å². The lowest BCUT2D eigenvalue weighted by molar-refractivity contribution is 0.0918. The fourth-order valence-corrected chi connectivity index (χ4v) is 4.03. The van der Waals surface area contributed by atoms with Crippen molar-refractivity contribution in [2.24, 2.45) is 14.1 Å². The molecule has 2 aromatic carbocycles. The van der Waals surface area contributed by atoms with Gasteiger partial charge in [-0.25, -0.2) is 4.90 Å². The van der Waals surface area contributed by atoms with Crippen LogP contribution in [0.1, 0.15) is 47.1 Å². The number of benzene rings is 2. The Labute approximate surface area is 205 Å². The van der Waals surface area contributed by atoms with E-state index in [1.807, 2.05) is 0 Å². The van der Waals surface area contributed by atoms with Gasteiger partial charge in [0.2, 0.25) is 0 Å². The first kappa shape index (κ1) is 22.7. The van der Waals surface area contributed by atoms with Crippen LogP contribution in [0, 0.1) is 0 Å². The van der Waals surface area contributed by atoms with Crippen molar-refractivity contribution in [1.29, 1.82) is 0 Å². The maximum absolute atomic E-state index is 13.0. The van der Waals surface area contributed by atoms with Crippen LogP contribution in [0.15, 0.2) is 67.1 Å². The van der Waals surface area contributed by atoms with E-state index >= 15 is 0 Å². The third-order valence-corrected chi connectivity index (χ3v) is 5.77. The molecule has 4 amide bonds. The van der Waals surface area contributed by atoms with Crippen molar-refractivity contribution in [3.8, 4) is 0 Å². The molecular weight excluding hydrogens is 462 g/mol. The number of aromatic nitrogens is 4. The van der Waals surface area contributed by atoms with Crippen molar-refractivity contribution < 1.29 is 19.2 Å². The first-order valence-electron chi connectivity index (χ1n) is 11.0. The van der Waals surface area contributed by atoms with Crippen molar-refractivity contribution in [2.75, 3.05) is 10.2 Å². The number of nitrogens with one attached hydrogen (secondary N) is 2. The van der Waals surface area contributed by atoms with Crippen molar-refractivity contribution in [2.45, 2.75) is 6.54 Å². The molecule has 11 nitrogen and oxygen atoms in total. The smallest absolute Gasteiger partial charge is 0.271 e. The second kappa shape index (κ2) is 8.95. The second-order valence-electron chi connectivity index (χ2n) is 8.23. The highest BCUT2D eigenvalue weighted by molar-refractivity contribution is 6.34. The average molecular weight is 483 g/mol. The number of amides is 4. The van der Waals surface area contributed by atoms with Gasteiger partial charge in [-0.15, -0.1) is 0 Å². The number of carbonyl (C=O) groups is 4. The van der Waals surface area contributed by atoms with Crippen molar-refractivity contribution in [1.82, 2.24) is 24.9 Å². The minimum Gasteiger partial charge on any atom is -0.346 e. The molecule has 1 aliphatic rings. The molecule has 36 heavy (non-hydrogen) atoms. The van der Waals surface area contributed by atoms with Gasteiger partial charge in [-0.05, 0) is 30.3 Å². The maximum Gasteiger partial charge on any atom is 0.271 e. The topological polar surface area (TPSA) is 131 Å². The van der Waals surface area contributed by atoms with E-state index in [4.69, 9.17) is 0 Å². The quantitative estimate of drug-likeness (QED) is 0.404.